The second kappa shape index (κ2) is 4.81. The summed E-state index contributed by atoms with van der Waals surface area (Å²) in [6.45, 7) is 4.74. The van der Waals surface area contributed by atoms with Gasteiger partial charge in [-0.05, 0) is 36.8 Å². The van der Waals surface area contributed by atoms with Crippen LogP contribution in [-0.4, -0.2) is 47.3 Å². The largest absolute Gasteiger partial charge is 0.403 e. The van der Waals surface area contributed by atoms with Crippen LogP contribution in [0.1, 0.15) is 12.8 Å². The molecule has 4 fully saturated rings. The van der Waals surface area contributed by atoms with Crippen LogP contribution >= 0.6 is 0 Å². The molecule has 0 amide bonds. The summed E-state index contributed by atoms with van der Waals surface area (Å²) in [4.78, 5) is 5.00. The molecule has 5 heteroatoms. The maximum atomic E-state index is 6.01. The zero-order chi connectivity index (χ0) is 14.5. The van der Waals surface area contributed by atoms with Crippen LogP contribution in [0, 0.1) is 11.8 Å². The van der Waals surface area contributed by atoms with Crippen LogP contribution in [0.15, 0.2) is 34.7 Å². The quantitative estimate of drug-likeness (QED) is 0.850. The molecule has 4 saturated heterocycles. The van der Waals surface area contributed by atoms with Crippen molar-refractivity contribution in [2.24, 2.45) is 11.8 Å². The molecule has 0 spiro atoms. The topological polar surface area (TPSA) is 45.4 Å². The fourth-order valence-corrected chi connectivity index (χ4v) is 4.55. The third-order valence-electron chi connectivity index (χ3n) is 5.35. The first kappa shape index (κ1) is 12.6. The minimum Gasteiger partial charge on any atom is -0.403 e. The highest BCUT2D eigenvalue weighted by Gasteiger charge is 2.43. The average Bonchev–Trinajstić information content (AvgIpc) is 2.94. The SMILES string of the molecule is c1ccc(-c2nnc(N3CC4CC5CC3CN(C5)C4)o2)cc1. The third kappa shape index (κ3) is 2.03. The first-order valence-electron chi connectivity index (χ1n) is 8.23. The van der Waals surface area contributed by atoms with Crippen molar-refractivity contribution in [2.45, 2.75) is 18.9 Å². The number of fused-ring (bicyclic) bond motifs is 1. The lowest BCUT2D eigenvalue weighted by atomic mass is 9.84. The second-order valence-electron chi connectivity index (χ2n) is 6.98. The zero-order valence-corrected chi connectivity index (χ0v) is 12.6. The molecule has 4 aliphatic heterocycles. The smallest absolute Gasteiger partial charge is 0.318 e. The van der Waals surface area contributed by atoms with Gasteiger partial charge in [0.1, 0.15) is 0 Å². The first-order valence-corrected chi connectivity index (χ1v) is 8.23. The van der Waals surface area contributed by atoms with Crippen LogP contribution in [0.25, 0.3) is 11.5 Å². The van der Waals surface area contributed by atoms with E-state index in [1.165, 1.54) is 25.9 Å². The van der Waals surface area contributed by atoms with Gasteiger partial charge < -0.3 is 14.2 Å². The average molecular weight is 296 g/mol. The van der Waals surface area contributed by atoms with Gasteiger partial charge in [0, 0.05) is 37.8 Å². The Hall–Kier alpha value is -1.88. The van der Waals surface area contributed by atoms with Gasteiger partial charge in [-0.25, -0.2) is 0 Å². The standard InChI is InChI=1S/C17H20N4O/c1-2-4-14(5-3-1)16-18-19-17(22-16)21-10-13-6-12-7-15(21)11-20(8-12)9-13/h1-5,12-13,15H,6-11H2. The number of hydrogen-bond donors (Lipinski definition) is 0. The third-order valence-corrected chi connectivity index (χ3v) is 5.35. The molecule has 5 nitrogen and oxygen atoms in total. The van der Waals surface area contributed by atoms with E-state index in [4.69, 9.17) is 4.42 Å². The van der Waals surface area contributed by atoms with E-state index >= 15 is 0 Å². The minimum atomic E-state index is 0.537. The predicted molar refractivity (Wildman–Crippen MR) is 83.5 cm³/mol. The van der Waals surface area contributed by atoms with Crippen LogP contribution in [-0.2, 0) is 0 Å². The molecule has 4 unspecified atom stereocenters. The van der Waals surface area contributed by atoms with Gasteiger partial charge in [0.25, 0.3) is 0 Å². The van der Waals surface area contributed by atoms with Crippen LogP contribution in [0.5, 0.6) is 0 Å². The number of anilines is 1. The second-order valence-corrected chi connectivity index (χ2v) is 6.98. The van der Waals surface area contributed by atoms with Gasteiger partial charge in [-0.15, -0.1) is 5.10 Å². The monoisotopic (exact) mass is 296 g/mol. The van der Waals surface area contributed by atoms with E-state index in [1.54, 1.807) is 0 Å². The van der Waals surface area contributed by atoms with Crippen molar-refractivity contribution in [2.75, 3.05) is 31.1 Å². The Bertz CT molecular complexity index is 656. The van der Waals surface area contributed by atoms with Gasteiger partial charge in [-0.2, -0.15) is 0 Å². The minimum absolute atomic E-state index is 0.537. The Kier molecular flexibility index (Phi) is 2.77. The maximum Gasteiger partial charge on any atom is 0.318 e. The van der Waals surface area contributed by atoms with E-state index in [2.05, 4.69) is 20.0 Å². The Balaban J connectivity index is 1.46. The summed E-state index contributed by atoms with van der Waals surface area (Å²) >= 11 is 0. The van der Waals surface area contributed by atoms with Gasteiger partial charge in [-0.3, -0.25) is 0 Å². The van der Waals surface area contributed by atoms with Crippen LogP contribution in [0.4, 0.5) is 6.01 Å². The number of hydrogen-bond acceptors (Lipinski definition) is 5. The summed E-state index contributed by atoms with van der Waals surface area (Å²) in [5.41, 5.74) is 0.991. The van der Waals surface area contributed by atoms with E-state index in [0.717, 1.165) is 30.5 Å². The Labute approximate surface area is 129 Å². The van der Waals surface area contributed by atoms with Crippen molar-refractivity contribution >= 4 is 6.01 Å². The number of nitrogens with zero attached hydrogens (tertiary/aromatic N) is 4. The number of rotatable bonds is 2. The van der Waals surface area contributed by atoms with E-state index in [9.17, 15) is 0 Å². The van der Waals surface area contributed by atoms with Crippen molar-refractivity contribution < 1.29 is 4.42 Å². The molecule has 5 heterocycles. The molecule has 2 aromatic rings. The predicted octanol–water partition coefficient (Wildman–Crippen LogP) is 2.27. The van der Waals surface area contributed by atoms with Crippen LogP contribution < -0.4 is 4.90 Å². The van der Waals surface area contributed by atoms with Crippen LogP contribution in [0.3, 0.4) is 0 Å². The van der Waals surface area contributed by atoms with E-state index in [-0.39, 0.29) is 0 Å². The zero-order valence-electron chi connectivity index (χ0n) is 12.6. The molecule has 0 saturated carbocycles. The van der Waals surface area contributed by atoms with Gasteiger partial charge in [0.2, 0.25) is 5.89 Å². The summed E-state index contributed by atoms with van der Waals surface area (Å²) < 4.78 is 6.01. The highest BCUT2D eigenvalue weighted by molar-refractivity contribution is 5.53. The van der Waals surface area contributed by atoms with Crippen molar-refractivity contribution in [1.82, 2.24) is 15.1 Å². The highest BCUT2D eigenvalue weighted by atomic mass is 16.4. The van der Waals surface area contributed by atoms with Gasteiger partial charge in [-0.1, -0.05) is 23.3 Å². The molecular weight excluding hydrogens is 276 g/mol. The van der Waals surface area contributed by atoms with Crippen molar-refractivity contribution in [3.8, 4) is 11.5 Å². The molecule has 0 N–H and O–H groups in total. The Morgan fingerprint density at radius 2 is 1.77 bits per heavy atom. The molecule has 4 aliphatic rings. The number of aromatic nitrogens is 2. The maximum absolute atomic E-state index is 6.01. The summed E-state index contributed by atoms with van der Waals surface area (Å²) in [6, 6.07) is 11.3. The van der Waals surface area contributed by atoms with Crippen molar-refractivity contribution in [3.05, 3.63) is 30.3 Å². The van der Waals surface area contributed by atoms with Gasteiger partial charge >= 0.3 is 6.01 Å². The normalized spacial score (nSPS) is 33.2. The molecule has 1 aromatic carbocycles. The molecule has 6 rings (SSSR count). The van der Waals surface area contributed by atoms with Crippen molar-refractivity contribution in [1.29, 1.82) is 0 Å². The lowest BCUT2D eigenvalue weighted by Crippen LogP contribution is -2.49. The summed E-state index contributed by atoms with van der Waals surface area (Å²) in [6.07, 6.45) is 2.64. The molecule has 22 heavy (non-hydrogen) atoms. The fraction of sp³-hybridized carbons (Fsp3) is 0.529. The molecule has 0 aliphatic carbocycles. The Morgan fingerprint density at radius 3 is 2.64 bits per heavy atom. The molecule has 4 bridgehead atoms. The summed E-state index contributed by atoms with van der Waals surface area (Å²) in [5.74, 6) is 2.23. The molecule has 114 valence electrons. The first-order chi connectivity index (χ1) is 10.8. The Morgan fingerprint density at radius 1 is 0.909 bits per heavy atom. The van der Waals surface area contributed by atoms with E-state index in [1.807, 2.05) is 30.3 Å². The molecule has 4 atom stereocenters. The fourth-order valence-electron chi connectivity index (χ4n) is 4.55. The van der Waals surface area contributed by atoms with Gasteiger partial charge in [0.05, 0.1) is 0 Å². The van der Waals surface area contributed by atoms with Gasteiger partial charge in [0.15, 0.2) is 0 Å². The summed E-state index contributed by atoms with van der Waals surface area (Å²) in [7, 11) is 0. The lowest BCUT2D eigenvalue weighted by molar-refractivity contribution is 0.0978. The number of benzene rings is 1. The molecular formula is C17H20N4O. The molecule has 0 radical (unpaired) electrons. The van der Waals surface area contributed by atoms with Crippen LogP contribution in [0.2, 0.25) is 0 Å². The van der Waals surface area contributed by atoms with E-state index < -0.39 is 0 Å². The molecule has 1 aromatic heterocycles. The van der Waals surface area contributed by atoms with E-state index in [0.29, 0.717) is 17.9 Å². The lowest BCUT2D eigenvalue weighted by Gasteiger charge is -2.41. The number of piperidine rings is 2. The van der Waals surface area contributed by atoms with Crippen molar-refractivity contribution in [3.63, 3.8) is 0 Å². The highest BCUT2D eigenvalue weighted by Crippen LogP contribution is 2.38. The summed E-state index contributed by atoms with van der Waals surface area (Å²) in [5, 5.41) is 8.61.